The lowest BCUT2D eigenvalue weighted by Crippen LogP contribution is -2.10. The molecule has 18 aromatic carbocycles. The van der Waals surface area contributed by atoms with Crippen LogP contribution in [0.5, 0.6) is 0 Å². The van der Waals surface area contributed by atoms with E-state index in [1.54, 1.807) is 0 Å². The first-order valence-electron chi connectivity index (χ1n) is 36.4. The molecule has 4 heteroatoms. The zero-order valence-electron chi connectivity index (χ0n) is 58.0. The summed E-state index contributed by atoms with van der Waals surface area (Å²) in [7, 11) is 0. The van der Waals surface area contributed by atoms with Crippen LogP contribution in [0.4, 0.5) is 34.1 Å². The SMILES string of the molecule is C(=Cc1ccc(N(c2ccccc2)c2ccc(-n3c4ccc(-c5cccc6ccccc56)cc4c4cc(-c5cccc6ccccc56)ccc43)cc2)cc1)c1ccc(N(c2ccccc2)c2ccc(-n3c4ccc(-c5cccc6ccccc56)cc4c4cc(-c5cccc6ccccc56)ccc43)cc2)cc1. The van der Waals surface area contributed by atoms with Gasteiger partial charge < -0.3 is 18.9 Å². The second kappa shape index (κ2) is 26.1. The van der Waals surface area contributed by atoms with Crippen LogP contribution >= 0.6 is 0 Å². The van der Waals surface area contributed by atoms with Crippen LogP contribution in [0, 0.1) is 0 Å². The predicted molar refractivity (Wildman–Crippen MR) is 452 cm³/mol. The van der Waals surface area contributed by atoms with E-state index < -0.39 is 0 Å². The molecule has 496 valence electrons. The zero-order chi connectivity index (χ0) is 70.0. The maximum atomic E-state index is 2.44. The third-order valence-corrected chi connectivity index (χ3v) is 21.5. The number of aromatic nitrogens is 2. The maximum absolute atomic E-state index is 2.44. The van der Waals surface area contributed by atoms with E-state index in [-0.39, 0.29) is 0 Å². The first-order chi connectivity index (χ1) is 52.5. The highest BCUT2D eigenvalue weighted by Crippen LogP contribution is 2.45. The fourth-order valence-corrected chi connectivity index (χ4v) is 16.4. The van der Waals surface area contributed by atoms with E-state index in [2.05, 4.69) is 431 Å². The van der Waals surface area contributed by atoms with Crippen molar-refractivity contribution in [3.63, 3.8) is 0 Å². The Balaban J connectivity index is 0.596. The van der Waals surface area contributed by atoms with E-state index in [4.69, 9.17) is 0 Å². The lowest BCUT2D eigenvalue weighted by molar-refractivity contribution is 1.17. The molecule has 0 atom stereocenters. The quantitative estimate of drug-likeness (QED) is 0.101. The Morgan fingerprint density at radius 2 is 0.415 bits per heavy atom. The van der Waals surface area contributed by atoms with Crippen LogP contribution in [0.25, 0.3) is 155 Å². The third kappa shape index (κ3) is 10.9. The highest BCUT2D eigenvalue weighted by Gasteiger charge is 2.22. The van der Waals surface area contributed by atoms with Gasteiger partial charge in [0.25, 0.3) is 0 Å². The van der Waals surface area contributed by atoms with Gasteiger partial charge in [-0.2, -0.15) is 0 Å². The Kier molecular flexibility index (Phi) is 15.2. The van der Waals surface area contributed by atoms with Crippen molar-refractivity contribution < 1.29 is 0 Å². The van der Waals surface area contributed by atoms with Gasteiger partial charge in [-0.15, -0.1) is 0 Å². The molecule has 2 heterocycles. The van der Waals surface area contributed by atoms with Gasteiger partial charge in [0.1, 0.15) is 0 Å². The fourth-order valence-electron chi connectivity index (χ4n) is 16.4. The molecular weight excluding hydrogens is 1280 g/mol. The van der Waals surface area contributed by atoms with E-state index in [9.17, 15) is 0 Å². The molecule has 0 saturated carbocycles. The summed E-state index contributed by atoms with van der Waals surface area (Å²) in [5.41, 5.74) is 25.2. The molecule has 0 aliphatic rings. The van der Waals surface area contributed by atoms with Crippen LogP contribution < -0.4 is 9.80 Å². The lowest BCUT2D eigenvalue weighted by atomic mass is 9.95. The van der Waals surface area contributed by atoms with Gasteiger partial charge in [-0.3, -0.25) is 0 Å². The van der Waals surface area contributed by atoms with Crippen LogP contribution in [0.2, 0.25) is 0 Å². The Morgan fingerprint density at radius 1 is 0.179 bits per heavy atom. The summed E-state index contributed by atoms with van der Waals surface area (Å²) in [4.78, 5) is 4.69. The summed E-state index contributed by atoms with van der Waals surface area (Å²) in [6.45, 7) is 0. The van der Waals surface area contributed by atoms with Crippen molar-refractivity contribution >= 4 is 133 Å². The van der Waals surface area contributed by atoms with Crippen molar-refractivity contribution in [2.75, 3.05) is 9.80 Å². The van der Waals surface area contributed by atoms with Gasteiger partial charge in [0.15, 0.2) is 0 Å². The molecule has 0 radical (unpaired) electrons. The normalized spacial score (nSPS) is 11.7. The van der Waals surface area contributed by atoms with Gasteiger partial charge >= 0.3 is 0 Å². The first kappa shape index (κ1) is 61.8. The van der Waals surface area contributed by atoms with Gasteiger partial charge in [0.05, 0.1) is 22.1 Å². The number of hydrogen-bond donors (Lipinski definition) is 0. The highest BCUT2D eigenvalue weighted by molar-refractivity contribution is 6.15. The predicted octanol–water partition coefficient (Wildman–Crippen LogP) is 28.3. The molecule has 106 heavy (non-hydrogen) atoms. The van der Waals surface area contributed by atoms with E-state index in [0.717, 1.165) is 78.7 Å². The monoisotopic (exact) mass is 1350 g/mol. The maximum Gasteiger partial charge on any atom is 0.0541 e. The summed E-state index contributed by atoms with van der Waals surface area (Å²) >= 11 is 0. The molecule has 0 fully saturated rings. The van der Waals surface area contributed by atoms with Crippen LogP contribution in [-0.4, -0.2) is 9.13 Å². The minimum absolute atomic E-state index is 1.07. The van der Waals surface area contributed by atoms with Crippen molar-refractivity contribution in [2.24, 2.45) is 0 Å². The summed E-state index contributed by atoms with van der Waals surface area (Å²) in [5, 5.41) is 14.8. The molecule has 0 aliphatic carbocycles. The van der Waals surface area contributed by atoms with Crippen LogP contribution in [0.3, 0.4) is 0 Å². The number of para-hydroxylation sites is 2. The molecule has 4 nitrogen and oxygen atoms in total. The average molecular weight is 1350 g/mol. The van der Waals surface area contributed by atoms with Gasteiger partial charge in [-0.25, -0.2) is 0 Å². The largest absolute Gasteiger partial charge is 0.311 e. The molecule has 2 aromatic heterocycles. The van der Waals surface area contributed by atoms with Crippen molar-refractivity contribution in [3.8, 4) is 55.9 Å². The van der Waals surface area contributed by atoms with Crippen molar-refractivity contribution in [1.82, 2.24) is 9.13 Å². The number of benzene rings is 18. The molecule has 0 amide bonds. The molecular formula is C102H68N4. The fraction of sp³-hybridized carbons (Fsp3) is 0. The van der Waals surface area contributed by atoms with Crippen LogP contribution in [0.15, 0.2) is 400 Å². The molecule has 0 aliphatic heterocycles. The Morgan fingerprint density at radius 3 is 0.698 bits per heavy atom. The number of nitrogens with zero attached hydrogens (tertiary/aromatic N) is 4. The topological polar surface area (TPSA) is 16.3 Å². The second-order valence-electron chi connectivity index (χ2n) is 27.6. The molecule has 0 unspecified atom stereocenters. The van der Waals surface area contributed by atoms with E-state index in [1.165, 1.54) is 109 Å². The number of fused-ring (bicyclic) bond motifs is 10. The molecule has 0 bridgehead atoms. The highest BCUT2D eigenvalue weighted by atomic mass is 15.1. The van der Waals surface area contributed by atoms with Crippen molar-refractivity contribution in [1.29, 1.82) is 0 Å². The third-order valence-electron chi connectivity index (χ3n) is 21.5. The molecule has 20 aromatic rings. The zero-order valence-corrected chi connectivity index (χ0v) is 58.0. The molecule has 0 saturated heterocycles. The Labute approximate surface area is 615 Å². The van der Waals surface area contributed by atoms with Gasteiger partial charge in [-0.1, -0.05) is 267 Å². The summed E-state index contributed by atoms with van der Waals surface area (Å²) < 4.78 is 4.87. The Bertz CT molecular complexity index is 6080. The van der Waals surface area contributed by atoms with E-state index in [1.807, 2.05) is 0 Å². The number of hydrogen-bond acceptors (Lipinski definition) is 2. The van der Waals surface area contributed by atoms with Crippen molar-refractivity contribution in [3.05, 3.63) is 412 Å². The minimum atomic E-state index is 1.07. The van der Waals surface area contributed by atoms with Gasteiger partial charge in [0.2, 0.25) is 0 Å². The minimum Gasteiger partial charge on any atom is -0.311 e. The first-order valence-corrected chi connectivity index (χ1v) is 36.4. The van der Waals surface area contributed by atoms with Gasteiger partial charge in [0, 0.05) is 67.0 Å². The van der Waals surface area contributed by atoms with Crippen LogP contribution in [0.1, 0.15) is 11.1 Å². The van der Waals surface area contributed by atoms with Crippen molar-refractivity contribution in [2.45, 2.75) is 0 Å². The molecule has 0 N–H and O–H groups in total. The number of anilines is 6. The smallest absolute Gasteiger partial charge is 0.0541 e. The average Bonchev–Trinajstić information content (AvgIpc) is 1.58. The summed E-state index contributed by atoms with van der Waals surface area (Å²) in [5.74, 6) is 0. The Hall–Kier alpha value is -14.1. The number of rotatable bonds is 14. The standard InChI is InChI=1S/C102H68N4/c1-3-27-79(28-4-1)103(83-53-57-85(58-54-83)105-99-61-45-75(91-35-15-23-71-19-7-11-31-87(71)91)65-95(99)96-66-76(46-62-100(96)105)92-36-16-24-72-20-8-12-32-88(72)92)81-49-41-69(42-50-81)39-40-70-43-51-82(52-44-70)104(80-29-5-2-6-30-80)84-55-59-86(60-56-84)106-101-63-47-77(93-37-17-25-73-21-9-13-33-89(73)93)67-97(101)98-68-78(48-64-102(98)106)94-38-18-26-74-22-10-14-34-90(74)94/h1-68H. The second-order valence-corrected chi connectivity index (χ2v) is 27.6. The van der Waals surface area contributed by atoms with Gasteiger partial charge in [-0.05, 0) is 244 Å². The summed E-state index contributed by atoms with van der Waals surface area (Å²) in [6.07, 6.45) is 4.42. The molecule has 0 spiro atoms. The van der Waals surface area contributed by atoms with E-state index >= 15 is 0 Å². The van der Waals surface area contributed by atoms with Crippen LogP contribution in [-0.2, 0) is 0 Å². The lowest BCUT2D eigenvalue weighted by Gasteiger charge is -2.26. The summed E-state index contributed by atoms with van der Waals surface area (Å²) in [6, 6.07) is 147. The molecule has 20 rings (SSSR count). The van der Waals surface area contributed by atoms with E-state index in [0.29, 0.717) is 0 Å².